The van der Waals surface area contributed by atoms with Crippen molar-refractivity contribution in [2.24, 2.45) is 5.92 Å². The number of carbonyl (C=O) groups excluding carboxylic acids is 1. The fourth-order valence-electron chi connectivity index (χ4n) is 3.07. The van der Waals surface area contributed by atoms with Crippen molar-refractivity contribution in [3.05, 3.63) is 64.4 Å². The van der Waals surface area contributed by atoms with Crippen molar-refractivity contribution in [3.8, 4) is 11.8 Å². The largest absolute Gasteiger partial charge is 0.497 e. The van der Waals surface area contributed by atoms with E-state index >= 15 is 0 Å². The summed E-state index contributed by atoms with van der Waals surface area (Å²) in [6, 6.07) is 16.8. The van der Waals surface area contributed by atoms with Gasteiger partial charge in [-0.05, 0) is 42.7 Å². The molecule has 0 fully saturated rings. The van der Waals surface area contributed by atoms with Crippen LogP contribution in [0, 0.1) is 17.2 Å². The molecule has 1 unspecified atom stereocenters. The van der Waals surface area contributed by atoms with Crippen LogP contribution in [0.4, 0.5) is 0 Å². The molecule has 1 N–H and O–H groups in total. The van der Waals surface area contributed by atoms with E-state index in [1.165, 1.54) is 11.8 Å². The number of benzene rings is 2. The number of nitrogens with one attached hydrogen (secondary N) is 1. The Hall–Kier alpha value is -3.31. The normalized spacial score (nSPS) is 12.9. The summed E-state index contributed by atoms with van der Waals surface area (Å²) in [7, 11) is 1.60. The van der Waals surface area contributed by atoms with Crippen LogP contribution in [0.3, 0.4) is 0 Å². The molecule has 166 valence electrons. The van der Waals surface area contributed by atoms with Crippen molar-refractivity contribution < 1.29 is 9.53 Å². The molecule has 1 atom stereocenters. The van der Waals surface area contributed by atoms with Crippen molar-refractivity contribution in [2.75, 3.05) is 12.9 Å². The summed E-state index contributed by atoms with van der Waals surface area (Å²) >= 11 is 1.18. The van der Waals surface area contributed by atoms with E-state index in [0.717, 1.165) is 11.3 Å². The second-order valence-electron chi connectivity index (χ2n) is 7.96. The maximum absolute atomic E-state index is 13.2. The summed E-state index contributed by atoms with van der Waals surface area (Å²) in [5.74, 6) is 0.437. The number of aromatic nitrogens is 2. The fraction of sp³-hybridized carbons (Fsp3) is 0.333. The van der Waals surface area contributed by atoms with Crippen LogP contribution in [0.15, 0.2) is 58.5 Å². The zero-order valence-electron chi connectivity index (χ0n) is 18.6. The average molecular weight is 451 g/mol. The Labute approximate surface area is 191 Å². The summed E-state index contributed by atoms with van der Waals surface area (Å²) < 4.78 is 6.78. The molecular weight excluding hydrogens is 424 g/mol. The third-order valence-electron chi connectivity index (χ3n) is 5.44. The van der Waals surface area contributed by atoms with Gasteiger partial charge in [0.15, 0.2) is 5.16 Å². The summed E-state index contributed by atoms with van der Waals surface area (Å²) in [5, 5.41) is 13.2. The summed E-state index contributed by atoms with van der Waals surface area (Å²) in [6.07, 6.45) is 0. The molecule has 2 aromatic carbocycles. The van der Waals surface area contributed by atoms with E-state index in [-0.39, 0.29) is 23.1 Å². The smallest absolute Gasteiger partial charge is 0.262 e. The highest BCUT2D eigenvalue weighted by Gasteiger charge is 2.30. The highest BCUT2D eigenvalue weighted by Crippen LogP contribution is 2.21. The molecule has 0 saturated carbocycles. The highest BCUT2D eigenvalue weighted by atomic mass is 32.2. The number of hydrogen-bond donors (Lipinski definition) is 1. The molecular formula is C24H26N4O3S. The number of thioether (sulfide) groups is 1. The van der Waals surface area contributed by atoms with Gasteiger partial charge in [0, 0.05) is 0 Å². The van der Waals surface area contributed by atoms with E-state index in [9.17, 15) is 14.9 Å². The quantitative estimate of drug-likeness (QED) is 0.416. The van der Waals surface area contributed by atoms with Gasteiger partial charge >= 0.3 is 0 Å². The van der Waals surface area contributed by atoms with Gasteiger partial charge in [0.2, 0.25) is 5.91 Å². The van der Waals surface area contributed by atoms with Crippen LogP contribution in [-0.4, -0.2) is 33.9 Å². The van der Waals surface area contributed by atoms with Crippen molar-refractivity contribution in [2.45, 2.75) is 38.0 Å². The first-order valence-electron chi connectivity index (χ1n) is 10.2. The SMILES string of the molecule is COc1ccc(Cn2c(SCC(=O)NC(C)(C#N)C(C)C)nc3ccccc3c2=O)cc1. The first-order valence-corrected chi connectivity index (χ1v) is 11.2. The van der Waals surface area contributed by atoms with Crippen molar-refractivity contribution >= 4 is 28.6 Å². The minimum atomic E-state index is -0.961. The third kappa shape index (κ3) is 5.11. The number of methoxy groups -OCH3 is 1. The van der Waals surface area contributed by atoms with Crippen molar-refractivity contribution in [1.82, 2.24) is 14.9 Å². The molecule has 0 aliphatic carbocycles. The predicted molar refractivity (Wildman–Crippen MR) is 126 cm³/mol. The zero-order valence-corrected chi connectivity index (χ0v) is 19.4. The molecule has 32 heavy (non-hydrogen) atoms. The van der Waals surface area contributed by atoms with E-state index in [1.54, 1.807) is 36.8 Å². The number of para-hydroxylation sites is 1. The molecule has 0 aliphatic rings. The lowest BCUT2D eigenvalue weighted by molar-refractivity contribution is -0.120. The summed E-state index contributed by atoms with van der Waals surface area (Å²) in [6.45, 7) is 5.78. The van der Waals surface area contributed by atoms with Gasteiger partial charge in [-0.15, -0.1) is 0 Å². The molecule has 0 saturated heterocycles. The lowest BCUT2D eigenvalue weighted by Crippen LogP contribution is -2.49. The van der Waals surface area contributed by atoms with E-state index in [2.05, 4.69) is 16.4 Å². The molecule has 1 amide bonds. The van der Waals surface area contributed by atoms with Crippen LogP contribution in [0.1, 0.15) is 26.3 Å². The number of ether oxygens (including phenoxy) is 1. The zero-order chi connectivity index (χ0) is 23.3. The molecule has 0 aliphatic heterocycles. The van der Waals surface area contributed by atoms with Gasteiger partial charge in [0.05, 0.1) is 36.4 Å². The summed E-state index contributed by atoms with van der Waals surface area (Å²) in [5.41, 5.74) is 0.360. The van der Waals surface area contributed by atoms with Crippen molar-refractivity contribution in [1.29, 1.82) is 5.26 Å². The minimum Gasteiger partial charge on any atom is -0.497 e. The Morgan fingerprint density at radius 3 is 2.56 bits per heavy atom. The number of rotatable bonds is 8. The molecule has 0 radical (unpaired) electrons. The van der Waals surface area contributed by atoms with E-state index in [0.29, 0.717) is 22.6 Å². The van der Waals surface area contributed by atoms with Crippen LogP contribution in [0.25, 0.3) is 10.9 Å². The van der Waals surface area contributed by atoms with Gasteiger partial charge in [-0.2, -0.15) is 5.26 Å². The van der Waals surface area contributed by atoms with Gasteiger partial charge in [0.25, 0.3) is 5.56 Å². The van der Waals surface area contributed by atoms with E-state index in [1.807, 2.05) is 44.2 Å². The molecule has 7 nitrogen and oxygen atoms in total. The highest BCUT2D eigenvalue weighted by molar-refractivity contribution is 7.99. The number of fused-ring (bicyclic) bond motifs is 1. The Bertz CT molecular complexity index is 1210. The van der Waals surface area contributed by atoms with E-state index in [4.69, 9.17) is 4.74 Å². The number of hydrogen-bond acceptors (Lipinski definition) is 6. The lowest BCUT2D eigenvalue weighted by Gasteiger charge is -2.27. The van der Waals surface area contributed by atoms with Crippen LogP contribution >= 0.6 is 11.8 Å². The Kier molecular flexibility index (Phi) is 7.21. The molecule has 8 heteroatoms. The van der Waals surface area contributed by atoms with Gasteiger partial charge in [0.1, 0.15) is 11.3 Å². The van der Waals surface area contributed by atoms with Gasteiger partial charge < -0.3 is 10.1 Å². The standard InChI is InChI=1S/C24H26N4O3S/c1-16(2)24(3,15-25)27-21(29)14-32-23-26-20-8-6-5-7-19(20)22(30)28(23)13-17-9-11-18(31-4)12-10-17/h5-12,16H,13-14H2,1-4H3,(H,27,29). The van der Waals surface area contributed by atoms with Crippen LogP contribution < -0.4 is 15.6 Å². The van der Waals surface area contributed by atoms with Gasteiger partial charge in [-0.25, -0.2) is 4.98 Å². The maximum Gasteiger partial charge on any atom is 0.262 e. The fourth-order valence-corrected chi connectivity index (χ4v) is 3.87. The van der Waals surface area contributed by atoms with E-state index < -0.39 is 5.54 Å². The first kappa shape index (κ1) is 23.4. The van der Waals surface area contributed by atoms with Gasteiger partial charge in [-0.1, -0.05) is 49.9 Å². The van der Waals surface area contributed by atoms with Crippen LogP contribution in [0.2, 0.25) is 0 Å². The maximum atomic E-state index is 13.2. The number of amides is 1. The Morgan fingerprint density at radius 1 is 1.25 bits per heavy atom. The number of nitrogens with zero attached hydrogens (tertiary/aromatic N) is 3. The van der Waals surface area contributed by atoms with Crippen LogP contribution in [0.5, 0.6) is 5.75 Å². The number of carbonyl (C=O) groups is 1. The van der Waals surface area contributed by atoms with Crippen LogP contribution in [-0.2, 0) is 11.3 Å². The minimum absolute atomic E-state index is 0.0391. The molecule has 3 rings (SSSR count). The number of nitriles is 1. The Morgan fingerprint density at radius 2 is 1.94 bits per heavy atom. The topological polar surface area (TPSA) is 97.0 Å². The molecule has 3 aromatic rings. The molecule has 1 aromatic heterocycles. The predicted octanol–water partition coefficient (Wildman–Crippen LogP) is 3.60. The lowest BCUT2D eigenvalue weighted by atomic mass is 9.90. The molecule has 0 spiro atoms. The molecule has 1 heterocycles. The first-order chi connectivity index (χ1) is 15.3. The monoisotopic (exact) mass is 450 g/mol. The third-order valence-corrected chi connectivity index (χ3v) is 6.42. The summed E-state index contributed by atoms with van der Waals surface area (Å²) in [4.78, 5) is 30.4. The van der Waals surface area contributed by atoms with Gasteiger partial charge in [-0.3, -0.25) is 14.2 Å². The van der Waals surface area contributed by atoms with Crippen molar-refractivity contribution in [3.63, 3.8) is 0 Å². The second-order valence-corrected chi connectivity index (χ2v) is 8.90. The molecule has 0 bridgehead atoms. The average Bonchev–Trinajstić information content (AvgIpc) is 2.80. The second kappa shape index (κ2) is 9.88. The Balaban J connectivity index is 1.91.